The summed E-state index contributed by atoms with van der Waals surface area (Å²) < 4.78 is 5.44. The summed E-state index contributed by atoms with van der Waals surface area (Å²) in [5, 5.41) is 9.01. The topological polar surface area (TPSA) is 83.9 Å². The second-order valence-electron chi connectivity index (χ2n) is 11.4. The Bertz CT molecular complexity index is 1050. The summed E-state index contributed by atoms with van der Waals surface area (Å²) >= 11 is 0. The Balaban J connectivity index is 1.92. The predicted molar refractivity (Wildman–Crippen MR) is 129 cm³/mol. The average Bonchev–Trinajstić information content (AvgIpc) is 2.71. The molecule has 0 atom stereocenters. The Kier molecular flexibility index (Phi) is 6.21. The number of carbonyl (C=O) groups is 3. The van der Waals surface area contributed by atoms with Gasteiger partial charge in [0.25, 0.3) is 0 Å². The summed E-state index contributed by atoms with van der Waals surface area (Å²) in [6.45, 7) is 11.0. The van der Waals surface area contributed by atoms with E-state index >= 15 is 0 Å². The smallest absolute Gasteiger partial charge is 0.341 e. The summed E-state index contributed by atoms with van der Waals surface area (Å²) in [6, 6.07) is 7.22. The van der Waals surface area contributed by atoms with Crippen molar-refractivity contribution >= 4 is 17.5 Å². The van der Waals surface area contributed by atoms with Gasteiger partial charge in [-0.1, -0.05) is 46.8 Å². The molecule has 1 aliphatic heterocycles. The van der Waals surface area contributed by atoms with Gasteiger partial charge >= 0.3 is 5.97 Å². The van der Waals surface area contributed by atoms with Gasteiger partial charge in [-0.05, 0) is 47.8 Å². The number of hydrogen-bond acceptors (Lipinski definition) is 5. The van der Waals surface area contributed by atoms with E-state index in [0.717, 1.165) is 53.9 Å². The molecular formula is C28H35NO5. The van der Waals surface area contributed by atoms with Crippen molar-refractivity contribution in [3.05, 3.63) is 52.4 Å². The van der Waals surface area contributed by atoms with Crippen LogP contribution in [-0.2, 0) is 14.4 Å². The number of ketones is 2. The maximum absolute atomic E-state index is 13.7. The van der Waals surface area contributed by atoms with E-state index in [4.69, 9.17) is 9.84 Å². The van der Waals surface area contributed by atoms with E-state index in [0.29, 0.717) is 18.6 Å². The van der Waals surface area contributed by atoms with E-state index in [-0.39, 0.29) is 22.4 Å². The molecule has 182 valence electrons. The molecule has 1 N–H and O–H groups in total. The van der Waals surface area contributed by atoms with Gasteiger partial charge in [0.1, 0.15) is 5.75 Å². The van der Waals surface area contributed by atoms with Crippen molar-refractivity contribution in [2.75, 3.05) is 13.2 Å². The second kappa shape index (κ2) is 8.71. The standard InChI is InChI=1S/C28H35NO5/c1-6-10-29-19-12-27(2,3)14-21(30)25(19)24(26-20(29)13-28(4,5)15-22(26)31)17-8-7-9-18(11-17)34-16-23(32)33/h7-9,11,24H,6,10,12-16H2,1-5H3,(H,32,33). The fraction of sp³-hybridized carbons (Fsp3) is 0.536. The molecule has 1 aromatic carbocycles. The minimum atomic E-state index is -1.05. The van der Waals surface area contributed by atoms with Gasteiger partial charge in [-0.15, -0.1) is 0 Å². The Labute approximate surface area is 201 Å². The van der Waals surface area contributed by atoms with Crippen molar-refractivity contribution in [3.8, 4) is 5.75 Å². The average molecular weight is 466 g/mol. The number of rotatable bonds is 6. The molecule has 0 radical (unpaired) electrons. The number of aliphatic carboxylic acids is 1. The van der Waals surface area contributed by atoms with E-state index < -0.39 is 18.5 Å². The van der Waals surface area contributed by atoms with Gasteiger partial charge < -0.3 is 14.7 Å². The van der Waals surface area contributed by atoms with Crippen LogP contribution in [0.4, 0.5) is 0 Å². The monoisotopic (exact) mass is 465 g/mol. The van der Waals surface area contributed by atoms with Crippen molar-refractivity contribution < 1.29 is 24.2 Å². The van der Waals surface area contributed by atoms with Gasteiger partial charge in [0.15, 0.2) is 18.2 Å². The lowest BCUT2D eigenvalue weighted by Crippen LogP contribution is -2.44. The van der Waals surface area contributed by atoms with Crippen LogP contribution in [0, 0.1) is 10.8 Å². The highest BCUT2D eigenvalue weighted by atomic mass is 16.5. The summed E-state index contributed by atoms with van der Waals surface area (Å²) in [4.78, 5) is 40.6. The van der Waals surface area contributed by atoms with Crippen LogP contribution < -0.4 is 4.74 Å². The lowest BCUT2D eigenvalue weighted by molar-refractivity contribution is -0.139. The van der Waals surface area contributed by atoms with E-state index in [9.17, 15) is 14.4 Å². The molecular weight excluding hydrogens is 430 g/mol. The zero-order chi connectivity index (χ0) is 24.8. The Morgan fingerprint density at radius 3 is 2.06 bits per heavy atom. The second-order valence-corrected chi connectivity index (χ2v) is 11.4. The molecule has 1 aromatic rings. The Morgan fingerprint density at radius 1 is 1.00 bits per heavy atom. The van der Waals surface area contributed by atoms with Gasteiger partial charge in [0, 0.05) is 47.8 Å². The summed E-state index contributed by atoms with van der Waals surface area (Å²) in [6.07, 6.45) is 3.37. The molecule has 6 nitrogen and oxygen atoms in total. The van der Waals surface area contributed by atoms with Crippen LogP contribution in [-0.4, -0.2) is 40.7 Å². The molecule has 0 aromatic heterocycles. The van der Waals surface area contributed by atoms with Crippen LogP contribution in [0.2, 0.25) is 0 Å². The van der Waals surface area contributed by atoms with Crippen molar-refractivity contribution in [2.24, 2.45) is 10.8 Å². The molecule has 0 amide bonds. The summed E-state index contributed by atoms with van der Waals surface area (Å²) in [5.41, 5.74) is 4.07. The van der Waals surface area contributed by atoms with Crippen LogP contribution >= 0.6 is 0 Å². The van der Waals surface area contributed by atoms with Crippen LogP contribution in [0.25, 0.3) is 0 Å². The minimum Gasteiger partial charge on any atom is -0.482 e. The van der Waals surface area contributed by atoms with Crippen LogP contribution in [0.5, 0.6) is 5.75 Å². The highest BCUT2D eigenvalue weighted by Gasteiger charge is 2.48. The number of carboxylic acids is 1. The number of carboxylic acid groups (broad SMARTS) is 1. The molecule has 2 aliphatic carbocycles. The number of benzene rings is 1. The Morgan fingerprint density at radius 2 is 1.56 bits per heavy atom. The minimum absolute atomic E-state index is 0.0957. The fourth-order valence-corrected chi connectivity index (χ4v) is 5.80. The lowest BCUT2D eigenvalue weighted by atomic mass is 9.63. The summed E-state index contributed by atoms with van der Waals surface area (Å²) in [5.74, 6) is -0.884. The molecule has 3 aliphatic rings. The zero-order valence-electron chi connectivity index (χ0n) is 20.9. The maximum atomic E-state index is 13.7. The number of Topliss-reactive ketones (excluding diaryl/α,β-unsaturated/α-hetero) is 2. The summed E-state index contributed by atoms with van der Waals surface area (Å²) in [7, 11) is 0. The first-order valence-electron chi connectivity index (χ1n) is 12.2. The maximum Gasteiger partial charge on any atom is 0.341 e. The van der Waals surface area contributed by atoms with Gasteiger partial charge in [0.05, 0.1) is 0 Å². The van der Waals surface area contributed by atoms with Crippen LogP contribution in [0.3, 0.4) is 0 Å². The van der Waals surface area contributed by atoms with Gasteiger partial charge in [-0.3, -0.25) is 9.59 Å². The van der Waals surface area contributed by atoms with Crippen molar-refractivity contribution in [1.82, 2.24) is 4.90 Å². The molecule has 0 spiro atoms. The highest BCUT2D eigenvalue weighted by molar-refractivity contribution is 6.06. The molecule has 4 rings (SSSR count). The van der Waals surface area contributed by atoms with Crippen molar-refractivity contribution in [1.29, 1.82) is 0 Å². The first-order valence-corrected chi connectivity index (χ1v) is 12.2. The molecule has 0 saturated heterocycles. The molecule has 6 heteroatoms. The molecule has 34 heavy (non-hydrogen) atoms. The van der Waals surface area contributed by atoms with Gasteiger partial charge in [0.2, 0.25) is 0 Å². The number of ether oxygens (including phenoxy) is 1. The number of nitrogens with zero attached hydrogens (tertiary/aromatic N) is 1. The Hall–Kier alpha value is -2.89. The number of hydrogen-bond donors (Lipinski definition) is 1. The largest absolute Gasteiger partial charge is 0.482 e. The lowest BCUT2D eigenvalue weighted by Gasteiger charge is -2.49. The molecule has 0 bridgehead atoms. The van der Waals surface area contributed by atoms with Crippen LogP contribution in [0.1, 0.15) is 78.2 Å². The molecule has 0 fully saturated rings. The predicted octanol–water partition coefficient (Wildman–Crippen LogP) is 5.25. The first-order chi connectivity index (χ1) is 15.9. The van der Waals surface area contributed by atoms with Gasteiger partial charge in [-0.25, -0.2) is 4.79 Å². The molecule has 0 unspecified atom stereocenters. The zero-order valence-corrected chi connectivity index (χ0v) is 20.9. The first kappa shape index (κ1) is 24.2. The van der Waals surface area contributed by atoms with Gasteiger partial charge in [-0.2, -0.15) is 0 Å². The third kappa shape index (κ3) is 4.55. The number of allylic oxidation sites excluding steroid dienone is 4. The van der Waals surface area contributed by atoms with Crippen molar-refractivity contribution in [2.45, 2.75) is 72.6 Å². The normalized spacial score (nSPS) is 22.0. The SMILES string of the molecule is CCCN1C2=C(C(=O)CC(C)(C)C2)C(c2cccc(OCC(=O)O)c2)C2=C1CC(C)(C)CC2=O. The van der Waals surface area contributed by atoms with E-state index in [1.807, 2.05) is 6.07 Å². The van der Waals surface area contributed by atoms with E-state index in [1.54, 1.807) is 18.2 Å². The van der Waals surface area contributed by atoms with E-state index in [1.165, 1.54) is 0 Å². The molecule has 0 saturated carbocycles. The molecule has 1 heterocycles. The van der Waals surface area contributed by atoms with Crippen LogP contribution in [0.15, 0.2) is 46.8 Å². The number of carbonyl (C=O) groups excluding carboxylic acids is 2. The van der Waals surface area contributed by atoms with Crippen molar-refractivity contribution in [3.63, 3.8) is 0 Å². The fourth-order valence-electron chi connectivity index (χ4n) is 5.80. The third-order valence-electron chi connectivity index (χ3n) is 7.02. The quantitative estimate of drug-likeness (QED) is 0.618. The highest BCUT2D eigenvalue weighted by Crippen LogP contribution is 2.54. The van der Waals surface area contributed by atoms with E-state index in [2.05, 4.69) is 39.5 Å². The third-order valence-corrected chi connectivity index (χ3v) is 7.02.